The number of esters is 6. The highest BCUT2D eigenvalue weighted by atomic mass is 16.7. The van der Waals surface area contributed by atoms with Crippen molar-refractivity contribution in [3.63, 3.8) is 0 Å². The molecule has 0 N–H and O–H groups in total. The molecule has 0 amide bonds. The lowest BCUT2D eigenvalue weighted by Crippen LogP contribution is -2.80. The Morgan fingerprint density at radius 3 is 2.00 bits per heavy atom. The van der Waals surface area contributed by atoms with Crippen LogP contribution in [0.2, 0.25) is 0 Å². The Labute approximate surface area is 320 Å². The average molecular weight is 775 g/mol. The van der Waals surface area contributed by atoms with Crippen LogP contribution in [-0.4, -0.2) is 110 Å². The summed E-state index contributed by atoms with van der Waals surface area (Å²) in [5.41, 5.74) is -9.57. The molecule has 7 rings (SSSR count). The molecule has 55 heavy (non-hydrogen) atoms. The van der Waals surface area contributed by atoms with Gasteiger partial charge in [-0.1, -0.05) is 26.0 Å². The first-order valence-electron chi connectivity index (χ1n) is 19.3. The van der Waals surface area contributed by atoms with Crippen LogP contribution in [0.5, 0.6) is 0 Å². The molecule has 0 aromatic heterocycles. The maximum Gasteiger partial charge on any atom is 0.341 e. The number of carbonyl (C=O) groups excluding carboxylic acids is 6. The molecule has 15 nitrogen and oxygen atoms in total. The van der Waals surface area contributed by atoms with Gasteiger partial charge in [-0.3, -0.25) is 24.0 Å². The molecule has 304 valence electrons. The zero-order valence-electron chi connectivity index (χ0n) is 33.3. The highest BCUT2D eigenvalue weighted by Gasteiger charge is 3.01. The van der Waals surface area contributed by atoms with E-state index in [0.29, 0.717) is 25.7 Å². The zero-order chi connectivity index (χ0) is 40.3. The van der Waals surface area contributed by atoms with Gasteiger partial charge in [0.05, 0.1) is 43.4 Å². The Kier molecular flexibility index (Phi) is 9.18. The number of allylic oxidation sites excluding steroid dienone is 1. The van der Waals surface area contributed by atoms with Crippen LogP contribution in [0, 0.1) is 39.9 Å². The molecule has 6 fully saturated rings. The maximum absolute atomic E-state index is 13.9. The van der Waals surface area contributed by atoms with E-state index in [1.54, 1.807) is 6.92 Å². The normalized spacial score (nSPS) is 48.3. The number of hydrogen-bond acceptors (Lipinski definition) is 15. The predicted octanol–water partition coefficient (Wildman–Crippen LogP) is 3.17. The fraction of sp³-hybridized carbons (Fsp3) is 0.800. The Balaban J connectivity index is 1.57. The first-order chi connectivity index (χ1) is 25.8. The number of methoxy groups -OCH3 is 1. The molecule has 9 unspecified atom stereocenters. The minimum absolute atomic E-state index is 0.00325. The Bertz CT molecular complexity index is 1730. The van der Waals surface area contributed by atoms with Gasteiger partial charge in [-0.25, -0.2) is 4.79 Å². The zero-order valence-corrected chi connectivity index (χ0v) is 33.3. The van der Waals surface area contributed by atoms with Crippen LogP contribution in [0.25, 0.3) is 0 Å². The molecule has 5 saturated carbocycles. The highest BCUT2D eigenvalue weighted by molar-refractivity contribution is 5.85. The summed E-state index contributed by atoms with van der Waals surface area (Å²) >= 11 is 0. The SMILES string of the molecule is CCOC12CC[C@H]3O[C@@]3(C(=O)OC)C1[C@@H](OC(C)=O)C(OC(C)=O)C1(C)C2CCC2(C)C1[C@H](OC(C)=O)[C@@]1(OC(C)=O)C(C)(OC(C)=O)C13COCC=C[C@@H]23. The van der Waals surface area contributed by atoms with E-state index in [1.165, 1.54) is 41.7 Å². The van der Waals surface area contributed by atoms with Crippen molar-refractivity contribution < 1.29 is 71.4 Å². The van der Waals surface area contributed by atoms with Gasteiger partial charge < -0.3 is 42.6 Å². The predicted molar refractivity (Wildman–Crippen MR) is 186 cm³/mol. The summed E-state index contributed by atoms with van der Waals surface area (Å²) in [6.45, 7) is 14.2. The molecule has 0 aromatic rings. The van der Waals surface area contributed by atoms with E-state index in [0.717, 1.165) is 0 Å². The fourth-order valence-electron chi connectivity index (χ4n) is 13.9. The van der Waals surface area contributed by atoms with Crippen molar-refractivity contribution in [2.24, 2.45) is 39.9 Å². The first kappa shape index (κ1) is 39.7. The van der Waals surface area contributed by atoms with E-state index in [-0.39, 0.29) is 19.8 Å². The molecule has 0 bridgehead atoms. The molecule has 1 saturated heterocycles. The second kappa shape index (κ2) is 12.7. The lowest BCUT2D eigenvalue weighted by Gasteiger charge is -2.71. The largest absolute Gasteiger partial charge is 0.467 e. The van der Waals surface area contributed by atoms with Gasteiger partial charge in [0.25, 0.3) is 0 Å². The van der Waals surface area contributed by atoms with Gasteiger partial charge in [0.15, 0.2) is 11.7 Å². The molecular formula is C40H54O15. The molecule has 15 heteroatoms. The van der Waals surface area contributed by atoms with Gasteiger partial charge in [-0.2, -0.15) is 0 Å². The summed E-state index contributed by atoms with van der Waals surface area (Å²) in [7, 11) is 1.27. The van der Waals surface area contributed by atoms with E-state index in [2.05, 4.69) is 6.92 Å². The van der Waals surface area contributed by atoms with Gasteiger partial charge in [-0.05, 0) is 56.8 Å². The fourth-order valence-corrected chi connectivity index (χ4v) is 13.9. The van der Waals surface area contributed by atoms with Gasteiger partial charge in [0.2, 0.25) is 11.2 Å². The van der Waals surface area contributed by atoms with Gasteiger partial charge in [0, 0.05) is 52.6 Å². The second-order valence-corrected chi connectivity index (χ2v) is 17.2. The minimum Gasteiger partial charge on any atom is -0.467 e. The quantitative estimate of drug-likeness (QED) is 0.151. The third-order valence-electron chi connectivity index (χ3n) is 14.9. The molecule has 2 aliphatic heterocycles. The minimum atomic E-state index is -1.80. The monoisotopic (exact) mass is 774 g/mol. The van der Waals surface area contributed by atoms with E-state index in [4.69, 9.17) is 42.6 Å². The van der Waals surface area contributed by atoms with E-state index < -0.39 is 123 Å². The average Bonchev–Trinajstić information content (AvgIpc) is 3.94. The van der Waals surface area contributed by atoms with Crippen LogP contribution in [0.4, 0.5) is 0 Å². The van der Waals surface area contributed by atoms with Crippen LogP contribution in [0.15, 0.2) is 12.2 Å². The van der Waals surface area contributed by atoms with E-state index in [9.17, 15) is 28.8 Å². The molecule has 7 aliphatic rings. The molecule has 0 aromatic carbocycles. The lowest BCUT2D eigenvalue weighted by atomic mass is 9.35. The van der Waals surface area contributed by atoms with Gasteiger partial charge in [-0.15, -0.1) is 0 Å². The number of rotatable bonds is 8. The number of epoxide rings is 1. The summed E-state index contributed by atoms with van der Waals surface area (Å²) in [5.74, 6) is -6.96. The molecular weight excluding hydrogens is 720 g/mol. The first-order valence-corrected chi connectivity index (χ1v) is 19.3. The summed E-state index contributed by atoms with van der Waals surface area (Å²) in [6, 6.07) is 0. The Morgan fingerprint density at radius 2 is 1.42 bits per heavy atom. The molecule has 0 radical (unpaired) electrons. The highest BCUT2D eigenvalue weighted by Crippen LogP contribution is 2.86. The third kappa shape index (κ3) is 4.77. The van der Waals surface area contributed by atoms with Crippen molar-refractivity contribution in [2.75, 3.05) is 26.9 Å². The standard InChI is InChI=1S/C40H54O15/c1-11-49-37-17-15-27-39(55-27,33(46)47-10)29(37)28(50-20(2)41)31(51-21(3)42)35(8)26(37)14-16-34(7)25-13-12-18-48-19-38(25)36(9,53-23(5)44)40(38,54-24(6)45)32(30(34)35)52-22(4)43/h12-13,25-32H,11,14-19H2,1-10H3/t25-,26?,27+,28+,29?,30?,31?,32-,34?,35?,36?,37?,38?,39+,40+/m0/s1. The van der Waals surface area contributed by atoms with Crippen molar-refractivity contribution in [1.82, 2.24) is 0 Å². The van der Waals surface area contributed by atoms with Crippen molar-refractivity contribution in [1.29, 1.82) is 0 Å². The van der Waals surface area contributed by atoms with Crippen LogP contribution in [0.1, 0.15) is 88.0 Å². The van der Waals surface area contributed by atoms with Crippen LogP contribution >= 0.6 is 0 Å². The lowest BCUT2D eigenvalue weighted by molar-refractivity contribution is -0.334. The number of ether oxygens (including phenoxy) is 9. The molecule has 5 aliphatic carbocycles. The molecule has 2 heterocycles. The second-order valence-electron chi connectivity index (χ2n) is 17.2. The summed E-state index contributed by atoms with van der Waals surface area (Å²) < 4.78 is 56.7. The summed E-state index contributed by atoms with van der Waals surface area (Å²) in [6.07, 6.45) is 1.20. The smallest absolute Gasteiger partial charge is 0.341 e. The van der Waals surface area contributed by atoms with Gasteiger partial charge in [0.1, 0.15) is 12.2 Å². The summed E-state index contributed by atoms with van der Waals surface area (Å²) in [5, 5.41) is 0. The third-order valence-corrected chi connectivity index (χ3v) is 14.9. The Morgan fingerprint density at radius 1 is 0.782 bits per heavy atom. The molecule has 15 atom stereocenters. The summed E-state index contributed by atoms with van der Waals surface area (Å²) in [4.78, 5) is 80.6. The van der Waals surface area contributed by atoms with Crippen molar-refractivity contribution >= 4 is 35.8 Å². The maximum atomic E-state index is 13.9. The van der Waals surface area contributed by atoms with Crippen LogP contribution in [-0.2, 0) is 71.4 Å². The molecule has 1 spiro atoms. The number of carbonyl (C=O) groups is 6. The van der Waals surface area contributed by atoms with Crippen LogP contribution in [0.3, 0.4) is 0 Å². The van der Waals surface area contributed by atoms with Crippen molar-refractivity contribution in [3.8, 4) is 0 Å². The topological polar surface area (TPSA) is 189 Å². The van der Waals surface area contributed by atoms with Gasteiger partial charge >= 0.3 is 35.8 Å². The number of fused-ring (bicyclic) bond motifs is 8. The van der Waals surface area contributed by atoms with Crippen LogP contribution < -0.4 is 0 Å². The van der Waals surface area contributed by atoms with E-state index >= 15 is 0 Å². The van der Waals surface area contributed by atoms with Crippen molar-refractivity contribution in [3.05, 3.63) is 12.2 Å². The Hall–Kier alpha value is -3.56. The van der Waals surface area contributed by atoms with E-state index in [1.807, 2.05) is 26.0 Å². The van der Waals surface area contributed by atoms with Crippen molar-refractivity contribution in [2.45, 2.75) is 135 Å². The number of hydrogen-bond donors (Lipinski definition) is 0.